The highest BCUT2D eigenvalue weighted by Crippen LogP contribution is 2.38. The molecule has 1 aliphatic carbocycles. The molecule has 0 amide bonds. The van der Waals surface area contributed by atoms with Crippen LogP contribution < -0.4 is 0 Å². The average molecular weight is 207 g/mol. The average Bonchev–Trinajstić information content (AvgIpc) is 2.47. The van der Waals surface area contributed by atoms with E-state index in [9.17, 15) is 0 Å². The summed E-state index contributed by atoms with van der Waals surface area (Å²) in [6, 6.07) is 5.07. The molecule has 0 aromatic heterocycles. The van der Waals surface area contributed by atoms with Gasteiger partial charge in [-0.05, 0) is 56.6 Å². The van der Waals surface area contributed by atoms with Crippen LogP contribution in [0.1, 0.15) is 29.2 Å². The highest BCUT2D eigenvalue weighted by molar-refractivity contribution is 7.80. The van der Waals surface area contributed by atoms with Gasteiger partial charge in [-0.3, -0.25) is 0 Å². The van der Waals surface area contributed by atoms with E-state index >= 15 is 0 Å². The third-order valence-electron chi connectivity index (χ3n) is 3.06. The molecule has 1 aliphatic rings. The highest BCUT2D eigenvalue weighted by Gasteiger charge is 2.25. The van der Waals surface area contributed by atoms with Gasteiger partial charge in [0.05, 0.1) is 0 Å². The van der Waals surface area contributed by atoms with Crippen molar-refractivity contribution in [1.82, 2.24) is 4.90 Å². The molecular weight excluding hydrogens is 190 g/mol. The second-order valence-electron chi connectivity index (χ2n) is 4.37. The molecular formula is C12H17NS. The van der Waals surface area contributed by atoms with Gasteiger partial charge in [0, 0.05) is 10.9 Å². The van der Waals surface area contributed by atoms with Crippen LogP contribution in [0.25, 0.3) is 0 Å². The van der Waals surface area contributed by atoms with Crippen molar-refractivity contribution in [1.29, 1.82) is 0 Å². The third kappa shape index (κ3) is 1.57. The van der Waals surface area contributed by atoms with Crippen molar-refractivity contribution in [2.45, 2.75) is 30.7 Å². The van der Waals surface area contributed by atoms with Gasteiger partial charge in [0.1, 0.15) is 0 Å². The topological polar surface area (TPSA) is 3.24 Å². The number of hydrogen-bond acceptors (Lipinski definition) is 2. The van der Waals surface area contributed by atoms with Gasteiger partial charge in [0.25, 0.3) is 0 Å². The van der Waals surface area contributed by atoms with Crippen LogP contribution in [0.4, 0.5) is 0 Å². The molecule has 0 spiro atoms. The summed E-state index contributed by atoms with van der Waals surface area (Å²) in [6.45, 7) is 2.14. The first kappa shape index (κ1) is 10.1. The molecule has 0 radical (unpaired) electrons. The number of aryl methyl sites for hydroxylation is 1. The zero-order valence-electron chi connectivity index (χ0n) is 9.04. The lowest BCUT2D eigenvalue weighted by molar-refractivity contribution is 0.299. The van der Waals surface area contributed by atoms with Gasteiger partial charge in [-0.15, -0.1) is 12.6 Å². The summed E-state index contributed by atoms with van der Waals surface area (Å²) in [5, 5.41) is 0. The Kier molecular flexibility index (Phi) is 2.58. The summed E-state index contributed by atoms with van der Waals surface area (Å²) >= 11 is 4.55. The summed E-state index contributed by atoms with van der Waals surface area (Å²) in [7, 11) is 4.31. The van der Waals surface area contributed by atoms with Gasteiger partial charge in [-0.2, -0.15) is 0 Å². The number of hydrogen-bond donors (Lipinski definition) is 1. The smallest absolute Gasteiger partial charge is 0.0348 e. The molecule has 0 saturated heterocycles. The van der Waals surface area contributed by atoms with E-state index in [0.717, 1.165) is 0 Å². The molecule has 1 atom stereocenters. The van der Waals surface area contributed by atoms with E-state index in [0.29, 0.717) is 6.04 Å². The third-order valence-corrected chi connectivity index (χ3v) is 3.45. The Balaban J connectivity index is 2.49. The van der Waals surface area contributed by atoms with Crippen LogP contribution in [0.15, 0.2) is 17.0 Å². The van der Waals surface area contributed by atoms with Gasteiger partial charge in [-0.25, -0.2) is 0 Å². The minimum absolute atomic E-state index is 0.593. The quantitative estimate of drug-likeness (QED) is 0.693. The maximum atomic E-state index is 4.55. The van der Waals surface area contributed by atoms with Crippen molar-refractivity contribution in [3.05, 3.63) is 28.8 Å². The molecule has 2 heteroatoms. The van der Waals surface area contributed by atoms with Crippen LogP contribution >= 0.6 is 12.6 Å². The highest BCUT2D eigenvalue weighted by atomic mass is 32.1. The first-order valence-electron chi connectivity index (χ1n) is 5.08. The molecule has 0 N–H and O–H groups in total. The van der Waals surface area contributed by atoms with E-state index in [1.165, 1.54) is 34.4 Å². The number of rotatable bonds is 1. The molecule has 1 unspecified atom stereocenters. The lowest BCUT2D eigenvalue weighted by Gasteiger charge is -2.20. The minimum Gasteiger partial charge on any atom is -0.302 e. The van der Waals surface area contributed by atoms with Gasteiger partial charge >= 0.3 is 0 Å². The Labute approximate surface area is 91.5 Å². The predicted molar refractivity (Wildman–Crippen MR) is 63.2 cm³/mol. The number of nitrogens with zero attached hydrogens (tertiary/aromatic N) is 1. The van der Waals surface area contributed by atoms with Crippen molar-refractivity contribution in [3.63, 3.8) is 0 Å². The minimum atomic E-state index is 0.593. The lowest BCUT2D eigenvalue weighted by atomic mass is 10.0. The van der Waals surface area contributed by atoms with Gasteiger partial charge in [-0.1, -0.05) is 6.07 Å². The molecule has 1 nitrogen and oxygen atoms in total. The maximum Gasteiger partial charge on any atom is 0.0348 e. The largest absolute Gasteiger partial charge is 0.302 e. The van der Waals surface area contributed by atoms with Crippen LogP contribution in [0.2, 0.25) is 0 Å². The predicted octanol–water partition coefficient (Wildman–Crippen LogP) is 2.83. The zero-order valence-corrected chi connectivity index (χ0v) is 9.94. The Bertz CT molecular complexity index is 358. The van der Waals surface area contributed by atoms with Crippen molar-refractivity contribution in [3.8, 4) is 0 Å². The lowest BCUT2D eigenvalue weighted by Crippen LogP contribution is -2.17. The fraction of sp³-hybridized carbons (Fsp3) is 0.500. The fourth-order valence-corrected chi connectivity index (χ4v) is 2.81. The van der Waals surface area contributed by atoms with Crippen LogP contribution in [0, 0.1) is 6.92 Å². The Morgan fingerprint density at radius 1 is 1.36 bits per heavy atom. The van der Waals surface area contributed by atoms with E-state index in [2.05, 4.69) is 50.7 Å². The van der Waals surface area contributed by atoms with Crippen molar-refractivity contribution in [2.24, 2.45) is 0 Å². The summed E-state index contributed by atoms with van der Waals surface area (Å²) in [5.41, 5.74) is 4.26. The Hall–Kier alpha value is -0.470. The first-order valence-corrected chi connectivity index (χ1v) is 5.53. The van der Waals surface area contributed by atoms with E-state index in [4.69, 9.17) is 0 Å². The SMILES string of the molecule is Cc1cc(S)c2c(c1)C(N(C)C)CC2. The normalized spacial score (nSPS) is 20.2. The number of thiol groups is 1. The zero-order chi connectivity index (χ0) is 10.3. The molecule has 2 rings (SSSR count). The van der Waals surface area contributed by atoms with E-state index < -0.39 is 0 Å². The molecule has 0 saturated carbocycles. The molecule has 0 fully saturated rings. The fourth-order valence-electron chi connectivity index (χ4n) is 2.37. The number of benzene rings is 1. The second-order valence-corrected chi connectivity index (χ2v) is 4.85. The van der Waals surface area contributed by atoms with E-state index in [-0.39, 0.29) is 0 Å². The molecule has 76 valence electrons. The molecule has 1 aromatic rings. The first-order chi connectivity index (χ1) is 6.59. The van der Waals surface area contributed by atoms with Crippen molar-refractivity contribution >= 4 is 12.6 Å². The van der Waals surface area contributed by atoms with Crippen molar-refractivity contribution in [2.75, 3.05) is 14.1 Å². The number of fused-ring (bicyclic) bond motifs is 1. The maximum absolute atomic E-state index is 4.55. The summed E-state index contributed by atoms with van der Waals surface area (Å²) in [5.74, 6) is 0. The monoisotopic (exact) mass is 207 g/mol. The summed E-state index contributed by atoms with van der Waals surface area (Å²) in [6.07, 6.45) is 2.41. The van der Waals surface area contributed by atoms with E-state index in [1.54, 1.807) is 0 Å². The van der Waals surface area contributed by atoms with Gasteiger partial charge < -0.3 is 4.90 Å². The van der Waals surface area contributed by atoms with Crippen LogP contribution in [-0.4, -0.2) is 19.0 Å². The van der Waals surface area contributed by atoms with Gasteiger partial charge in [0.15, 0.2) is 0 Å². The second kappa shape index (κ2) is 3.59. The van der Waals surface area contributed by atoms with Gasteiger partial charge in [0.2, 0.25) is 0 Å². The standard InChI is InChI=1S/C12H17NS/c1-8-6-10-9(12(14)7-8)4-5-11(10)13(2)3/h6-7,11,14H,4-5H2,1-3H3. The van der Waals surface area contributed by atoms with Crippen LogP contribution in [-0.2, 0) is 6.42 Å². The van der Waals surface area contributed by atoms with E-state index in [1.807, 2.05) is 0 Å². The van der Waals surface area contributed by atoms with Crippen LogP contribution in [0.5, 0.6) is 0 Å². The summed E-state index contributed by atoms with van der Waals surface area (Å²) in [4.78, 5) is 3.47. The summed E-state index contributed by atoms with van der Waals surface area (Å²) < 4.78 is 0. The molecule has 0 aliphatic heterocycles. The Morgan fingerprint density at radius 3 is 2.71 bits per heavy atom. The molecule has 1 aromatic carbocycles. The molecule has 14 heavy (non-hydrogen) atoms. The molecule has 0 bridgehead atoms. The Morgan fingerprint density at radius 2 is 2.07 bits per heavy atom. The molecule has 0 heterocycles. The van der Waals surface area contributed by atoms with Crippen molar-refractivity contribution < 1.29 is 0 Å². The van der Waals surface area contributed by atoms with Crippen LogP contribution in [0.3, 0.4) is 0 Å².